The van der Waals surface area contributed by atoms with Crippen LogP contribution in [0.25, 0.3) is 5.69 Å². The van der Waals surface area contributed by atoms with Crippen molar-refractivity contribution in [2.24, 2.45) is 0 Å². The fourth-order valence-corrected chi connectivity index (χ4v) is 1.90. The number of aromatic nitrogens is 2. The molecule has 0 aliphatic carbocycles. The molecule has 7 heteroatoms. The number of aliphatic hydroxyl groups is 1. The maximum atomic E-state index is 13.3. The zero-order valence-corrected chi connectivity index (χ0v) is 12.7. The molecule has 0 radical (unpaired) electrons. The van der Waals surface area contributed by atoms with Gasteiger partial charge < -0.3 is 10.4 Å². The van der Waals surface area contributed by atoms with Gasteiger partial charge in [0.15, 0.2) is 5.82 Å². The average Bonchev–Trinajstić information content (AvgIpc) is 2.78. The van der Waals surface area contributed by atoms with Crippen molar-refractivity contribution in [2.75, 3.05) is 11.9 Å². The van der Waals surface area contributed by atoms with E-state index in [-0.39, 0.29) is 12.4 Å². The van der Waals surface area contributed by atoms with Gasteiger partial charge in [0.05, 0.1) is 17.8 Å². The Balaban J connectivity index is 2.15. The van der Waals surface area contributed by atoms with E-state index in [1.165, 1.54) is 16.8 Å². The van der Waals surface area contributed by atoms with Gasteiger partial charge in [-0.15, -0.1) is 5.10 Å². The number of anilines is 1. The van der Waals surface area contributed by atoms with Crippen molar-refractivity contribution in [2.45, 2.75) is 26.3 Å². The molecule has 2 aromatic rings. The summed E-state index contributed by atoms with van der Waals surface area (Å²) in [7, 11) is 0. The molecule has 0 unspecified atom stereocenters. The number of rotatable bonds is 4. The lowest BCUT2D eigenvalue weighted by molar-refractivity contribution is 0.187. The topological polar surface area (TPSA) is 79.2 Å². The molecule has 0 fully saturated rings. The van der Waals surface area contributed by atoms with Crippen LogP contribution in [0.15, 0.2) is 30.3 Å². The summed E-state index contributed by atoms with van der Waals surface area (Å²) in [5.74, 6) is -0.0163. The van der Waals surface area contributed by atoms with Gasteiger partial charge in [0.25, 0.3) is 0 Å². The largest absolute Gasteiger partial charge is 0.394 e. The molecule has 0 aliphatic rings. The SMILES string of the molecule is Cc1cc(NC(=O)NC(C)(C)CO)nn1-c1cccc(F)c1. The molecule has 1 aromatic heterocycles. The third kappa shape index (κ3) is 3.82. The number of carbonyl (C=O) groups excluding carboxylic acids is 1. The van der Waals surface area contributed by atoms with Crippen molar-refractivity contribution in [1.82, 2.24) is 15.1 Å². The van der Waals surface area contributed by atoms with E-state index in [1.54, 1.807) is 39.0 Å². The molecule has 118 valence electrons. The number of aliphatic hydroxyl groups excluding tert-OH is 1. The summed E-state index contributed by atoms with van der Waals surface area (Å²) in [4.78, 5) is 11.9. The second kappa shape index (κ2) is 6.15. The van der Waals surface area contributed by atoms with Crippen LogP contribution in [0.2, 0.25) is 0 Å². The normalized spacial score (nSPS) is 11.3. The van der Waals surface area contributed by atoms with Crippen molar-refractivity contribution in [3.63, 3.8) is 0 Å². The van der Waals surface area contributed by atoms with Gasteiger partial charge in [-0.05, 0) is 39.0 Å². The second-order valence-electron chi connectivity index (χ2n) is 5.68. The van der Waals surface area contributed by atoms with E-state index >= 15 is 0 Å². The minimum absolute atomic E-state index is 0.183. The van der Waals surface area contributed by atoms with Crippen LogP contribution in [0.5, 0.6) is 0 Å². The zero-order valence-electron chi connectivity index (χ0n) is 12.7. The fourth-order valence-electron chi connectivity index (χ4n) is 1.90. The maximum Gasteiger partial charge on any atom is 0.320 e. The van der Waals surface area contributed by atoms with Crippen molar-refractivity contribution >= 4 is 11.8 Å². The standard InChI is InChI=1S/C15H19FN4O2/c1-10-7-13(17-14(22)18-15(2,3)9-21)19-20(10)12-6-4-5-11(16)8-12/h4-8,21H,9H2,1-3H3,(H2,17,18,19,22). The van der Waals surface area contributed by atoms with E-state index in [9.17, 15) is 9.18 Å². The highest BCUT2D eigenvalue weighted by atomic mass is 19.1. The minimum Gasteiger partial charge on any atom is -0.394 e. The summed E-state index contributed by atoms with van der Waals surface area (Å²) < 4.78 is 14.8. The first-order chi connectivity index (χ1) is 10.3. The summed E-state index contributed by atoms with van der Waals surface area (Å²) in [6.07, 6.45) is 0. The number of hydrogen-bond donors (Lipinski definition) is 3. The van der Waals surface area contributed by atoms with Crippen molar-refractivity contribution in [1.29, 1.82) is 0 Å². The molecule has 22 heavy (non-hydrogen) atoms. The van der Waals surface area contributed by atoms with Crippen LogP contribution in [0.3, 0.4) is 0 Å². The number of nitrogens with one attached hydrogen (secondary N) is 2. The number of nitrogens with zero attached hydrogens (tertiary/aromatic N) is 2. The lowest BCUT2D eigenvalue weighted by atomic mass is 10.1. The summed E-state index contributed by atoms with van der Waals surface area (Å²) in [5, 5.41) is 18.6. The van der Waals surface area contributed by atoms with Crippen LogP contribution in [-0.4, -0.2) is 33.1 Å². The molecule has 0 aliphatic heterocycles. The Bertz CT molecular complexity index is 682. The maximum absolute atomic E-state index is 13.3. The Morgan fingerprint density at radius 2 is 2.14 bits per heavy atom. The number of halogens is 1. The molecular weight excluding hydrogens is 287 g/mol. The first kappa shape index (κ1) is 16.0. The molecule has 0 spiro atoms. The van der Waals surface area contributed by atoms with Gasteiger partial charge in [0.1, 0.15) is 5.82 Å². The van der Waals surface area contributed by atoms with Gasteiger partial charge in [-0.1, -0.05) is 6.07 Å². The summed E-state index contributed by atoms with van der Waals surface area (Å²) in [5.41, 5.74) is 0.591. The second-order valence-corrected chi connectivity index (χ2v) is 5.68. The van der Waals surface area contributed by atoms with Crippen LogP contribution < -0.4 is 10.6 Å². The quantitative estimate of drug-likeness (QED) is 0.810. The van der Waals surface area contributed by atoms with E-state index < -0.39 is 11.6 Å². The van der Waals surface area contributed by atoms with E-state index in [0.29, 0.717) is 11.5 Å². The molecule has 2 rings (SSSR count). The number of carbonyl (C=O) groups is 1. The van der Waals surface area contributed by atoms with E-state index in [0.717, 1.165) is 5.69 Å². The molecule has 0 bridgehead atoms. The Hall–Kier alpha value is -2.41. The highest BCUT2D eigenvalue weighted by molar-refractivity contribution is 5.88. The molecule has 6 nitrogen and oxygen atoms in total. The zero-order chi connectivity index (χ0) is 16.3. The Morgan fingerprint density at radius 3 is 2.77 bits per heavy atom. The number of aryl methyl sites for hydroxylation is 1. The molecule has 0 atom stereocenters. The molecule has 0 saturated carbocycles. The van der Waals surface area contributed by atoms with E-state index in [2.05, 4.69) is 15.7 Å². The molecule has 0 saturated heterocycles. The van der Waals surface area contributed by atoms with Crippen molar-refractivity contribution in [3.05, 3.63) is 41.8 Å². The monoisotopic (exact) mass is 306 g/mol. The van der Waals surface area contributed by atoms with Crippen LogP contribution >= 0.6 is 0 Å². The molecular formula is C15H19FN4O2. The Kier molecular flexibility index (Phi) is 4.46. The number of amides is 2. The van der Waals surface area contributed by atoms with Crippen LogP contribution in [-0.2, 0) is 0 Å². The van der Waals surface area contributed by atoms with E-state index in [1.807, 2.05) is 0 Å². The smallest absolute Gasteiger partial charge is 0.320 e. The predicted molar refractivity (Wildman–Crippen MR) is 81.6 cm³/mol. The van der Waals surface area contributed by atoms with Crippen molar-refractivity contribution in [3.8, 4) is 5.69 Å². The highest BCUT2D eigenvalue weighted by Gasteiger charge is 2.19. The molecule has 1 aromatic carbocycles. The van der Waals surface area contributed by atoms with E-state index in [4.69, 9.17) is 5.11 Å². The molecule has 1 heterocycles. The molecule has 2 amide bonds. The lowest BCUT2D eigenvalue weighted by Gasteiger charge is -2.23. The summed E-state index contributed by atoms with van der Waals surface area (Å²) in [6, 6.07) is 7.24. The van der Waals surface area contributed by atoms with Gasteiger partial charge in [0, 0.05) is 11.8 Å². The third-order valence-electron chi connectivity index (χ3n) is 3.03. The first-order valence-electron chi connectivity index (χ1n) is 6.83. The number of urea groups is 1. The Labute approximate surface area is 128 Å². The predicted octanol–water partition coefficient (Wildman–Crippen LogP) is 2.21. The van der Waals surface area contributed by atoms with Crippen LogP contribution in [0.4, 0.5) is 15.0 Å². The third-order valence-corrected chi connectivity index (χ3v) is 3.03. The lowest BCUT2D eigenvalue weighted by Crippen LogP contribution is -2.48. The van der Waals surface area contributed by atoms with Gasteiger partial charge in [-0.25, -0.2) is 13.9 Å². The number of hydrogen-bond acceptors (Lipinski definition) is 3. The highest BCUT2D eigenvalue weighted by Crippen LogP contribution is 2.16. The van der Waals surface area contributed by atoms with Crippen LogP contribution in [0.1, 0.15) is 19.5 Å². The van der Waals surface area contributed by atoms with Crippen LogP contribution in [0, 0.1) is 12.7 Å². The number of benzene rings is 1. The minimum atomic E-state index is -0.732. The summed E-state index contributed by atoms with van der Waals surface area (Å²) >= 11 is 0. The fraction of sp³-hybridized carbons (Fsp3) is 0.333. The van der Waals surface area contributed by atoms with Gasteiger partial charge >= 0.3 is 6.03 Å². The van der Waals surface area contributed by atoms with Gasteiger partial charge in [0.2, 0.25) is 0 Å². The van der Waals surface area contributed by atoms with Gasteiger partial charge in [-0.2, -0.15) is 0 Å². The summed E-state index contributed by atoms with van der Waals surface area (Å²) in [6.45, 7) is 5.02. The Morgan fingerprint density at radius 1 is 1.41 bits per heavy atom. The molecule has 3 N–H and O–H groups in total. The first-order valence-corrected chi connectivity index (χ1v) is 6.83. The van der Waals surface area contributed by atoms with Gasteiger partial charge in [-0.3, -0.25) is 5.32 Å². The average molecular weight is 306 g/mol. The van der Waals surface area contributed by atoms with Crippen molar-refractivity contribution < 1.29 is 14.3 Å².